The first-order valence-corrected chi connectivity index (χ1v) is 17.0. The zero-order valence-electron chi connectivity index (χ0n) is 24.9. The van der Waals surface area contributed by atoms with Crippen LogP contribution in [0.15, 0.2) is 76.6 Å². The molecular formula is C34H32ClN3O5S2. The summed E-state index contributed by atoms with van der Waals surface area (Å²) < 4.78 is 12.5. The molecule has 6 rings (SSSR count). The number of hydrogen-bond acceptors (Lipinski definition) is 9. The third-order valence-electron chi connectivity index (χ3n) is 7.68. The van der Waals surface area contributed by atoms with Gasteiger partial charge in [0, 0.05) is 22.8 Å². The fourth-order valence-corrected chi connectivity index (χ4v) is 7.42. The molecule has 2 aliphatic heterocycles. The maximum Gasteiger partial charge on any atom is 0.301 e. The highest BCUT2D eigenvalue weighted by atomic mass is 35.5. The van der Waals surface area contributed by atoms with Crippen molar-refractivity contribution < 1.29 is 24.2 Å². The van der Waals surface area contributed by atoms with Gasteiger partial charge in [0.15, 0.2) is 4.34 Å². The standard InChI is InChI=1S/C34H32ClN3O5S2/c1-3-4-5-15-42-26-8-6-7-22(18-26)29-28(30(39)23-11-14-27-24(17-23)16-20(2)43-27)31(40)32(41)38(29)33-36-37-34(45-33)44-19-21-9-12-25(35)13-10-21/h6-14,17-18,20,29,39H,3-5,15-16,19H2,1-2H3/t20-,29+/m0/s1. The number of Topliss-reactive ketones (excluding diaryl/α,β-unsaturated/α-hetero) is 1. The second kappa shape index (κ2) is 13.6. The van der Waals surface area contributed by atoms with Gasteiger partial charge in [0.25, 0.3) is 5.78 Å². The molecule has 4 aromatic rings. The van der Waals surface area contributed by atoms with Crippen LogP contribution in [0.25, 0.3) is 5.76 Å². The zero-order chi connectivity index (χ0) is 31.5. The lowest BCUT2D eigenvalue weighted by Crippen LogP contribution is -2.29. The Morgan fingerprint density at radius 1 is 1.11 bits per heavy atom. The van der Waals surface area contributed by atoms with Gasteiger partial charge in [0.05, 0.1) is 18.2 Å². The second-order valence-corrected chi connectivity index (χ2v) is 13.6. The molecule has 0 bridgehead atoms. The topological polar surface area (TPSA) is 102 Å². The van der Waals surface area contributed by atoms with E-state index in [0.717, 1.165) is 36.1 Å². The van der Waals surface area contributed by atoms with Gasteiger partial charge in [-0.1, -0.05) is 78.7 Å². The third-order valence-corrected chi connectivity index (χ3v) is 10.1. The van der Waals surface area contributed by atoms with Crippen LogP contribution in [0.5, 0.6) is 11.5 Å². The fraction of sp³-hybridized carbons (Fsp3) is 0.294. The number of fused-ring (bicyclic) bond motifs is 1. The van der Waals surface area contributed by atoms with Gasteiger partial charge in [-0.25, -0.2) is 0 Å². The SMILES string of the molecule is CCCCCOc1cccc([C@@H]2C(=C(O)c3ccc4c(c3)C[C@H](C)O4)C(=O)C(=O)N2c2nnc(SCc3ccc(Cl)cc3)s2)c1. The summed E-state index contributed by atoms with van der Waals surface area (Å²) in [6.45, 7) is 4.66. The molecule has 2 aliphatic rings. The number of ether oxygens (including phenoxy) is 2. The van der Waals surface area contributed by atoms with E-state index < -0.39 is 17.7 Å². The molecule has 0 aliphatic carbocycles. The average Bonchev–Trinajstić information content (AvgIpc) is 3.73. The van der Waals surface area contributed by atoms with Crippen LogP contribution in [0.1, 0.15) is 61.4 Å². The van der Waals surface area contributed by atoms with E-state index in [0.29, 0.717) is 45.0 Å². The number of nitrogens with zero attached hydrogens (tertiary/aromatic N) is 3. The maximum absolute atomic E-state index is 13.7. The van der Waals surface area contributed by atoms with Gasteiger partial charge in [-0.2, -0.15) is 0 Å². The number of unbranched alkanes of at least 4 members (excludes halogenated alkanes) is 2. The van der Waals surface area contributed by atoms with Gasteiger partial charge in [0.1, 0.15) is 23.4 Å². The molecule has 1 saturated heterocycles. The van der Waals surface area contributed by atoms with Crippen LogP contribution in [0, 0.1) is 0 Å². The first kappa shape index (κ1) is 31.1. The Balaban J connectivity index is 1.37. The van der Waals surface area contributed by atoms with Crippen molar-refractivity contribution in [2.45, 2.75) is 61.8 Å². The Bertz CT molecular complexity index is 1760. The first-order valence-electron chi connectivity index (χ1n) is 14.9. The Hall–Kier alpha value is -3.86. The summed E-state index contributed by atoms with van der Waals surface area (Å²) in [5.41, 5.74) is 3.05. The van der Waals surface area contributed by atoms with Gasteiger partial charge in [0.2, 0.25) is 5.13 Å². The lowest BCUT2D eigenvalue weighted by Gasteiger charge is -2.23. The van der Waals surface area contributed by atoms with Crippen molar-refractivity contribution in [2.75, 3.05) is 11.5 Å². The molecule has 1 amide bonds. The van der Waals surface area contributed by atoms with Gasteiger partial charge in [-0.15, -0.1) is 10.2 Å². The van der Waals surface area contributed by atoms with Crippen LogP contribution in [0.3, 0.4) is 0 Å². The van der Waals surface area contributed by atoms with Gasteiger partial charge in [-0.05, 0) is 72.5 Å². The van der Waals surface area contributed by atoms with Crippen molar-refractivity contribution in [1.29, 1.82) is 0 Å². The van der Waals surface area contributed by atoms with Crippen molar-refractivity contribution in [1.82, 2.24) is 10.2 Å². The molecule has 0 radical (unpaired) electrons. The zero-order valence-corrected chi connectivity index (χ0v) is 27.3. The summed E-state index contributed by atoms with van der Waals surface area (Å²) in [6.07, 6.45) is 3.76. The Labute approximate surface area is 275 Å². The largest absolute Gasteiger partial charge is 0.507 e. The minimum atomic E-state index is -0.935. The lowest BCUT2D eigenvalue weighted by molar-refractivity contribution is -0.132. The molecule has 11 heteroatoms. The molecule has 0 spiro atoms. The van der Waals surface area contributed by atoms with Crippen molar-refractivity contribution in [2.24, 2.45) is 0 Å². The molecule has 1 fully saturated rings. The smallest absolute Gasteiger partial charge is 0.301 e. The molecule has 0 unspecified atom stereocenters. The lowest BCUT2D eigenvalue weighted by atomic mass is 9.94. The third kappa shape index (κ3) is 6.73. The van der Waals surface area contributed by atoms with E-state index >= 15 is 0 Å². The molecule has 232 valence electrons. The number of benzene rings is 3. The minimum absolute atomic E-state index is 0.0133. The number of carbonyl (C=O) groups is 2. The van der Waals surface area contributed by atoms with Crippen LogP contribution in [-0.2, 0) is 21.8 Å². The molecular weight excluding hydrogens is 630 g/mol. The molecule has 3 aromatic carbocycles. The summed E-state index contributed by atoms with van der Waals surface area (Å²) in [6, 6.07) is 19.3. The number of aromatic nitrogens is 2. The number of hydrogen-bond donors (Lipinski definition) is 1. The number of ketones is 1. The predicted molar refractivity (Wildman–Crippen MR) is 177 cm³/mol. The van der Waals surface area contributed by atoms with E-state index in [4.69, 9.17) is 21.1 Å². The van der Waals surface area contributed by atoms with Crippen molar-refractivity contribution in [3.05, 3.63) is 99.6 Å². The second-order valence-electron chi connectivity index (χ2n) is 11.0. The molecule has 3 heterocycles. The number of thioether (sulfide) groups is 1. The number of rotatable bonds is 11. The van der Waals surface area contributed by atoms with Crippen molar-refractivity contribution in [3.8, 4) is 11.5 Å². The number of carbonyl (C=O) groups excluding carboxylic acids is 2. The summed E-state index contributed by atoms with van der Waals surface area (Å²) >= 11 is 8.71. The molecule has 1 aromatic heterocycles. The van der Waals surface area contributed by atoms with E-state index in [2.05, 4.69) is 17.1 Å². The Morgan fingerprint density at radius 3 is 2.73 bits per heavy atom. The van der Waals surface area contributed by atoms with Gasteiger partial charge < -0.3 is 14.6 Å². The quantitative estimate of drug-likeness (QED) is 0.0431. The Kier molecular flexibility index (Phi) is 9.44. The maximum atomic E-state index is 13.7. The molecule has 0 saturated carbocycles. The molecule has 45 heavy (non-hydrogen) atoms. The monoisotopic (exact) mass is 661 g/mol. The highest BCUT2D eigenvalue weighted by Crippen LogP contribution is 2.45. The van der Waals surface area contributed by atoms with E-state index in [1.807, 2.05) is 61.5 Å². The number of aliphatic hydroxyl groups is 1. The summed E-state index contributed by atoms with van der Waals surface area (Å²) in [5, 5.41) is 21.2. The molecule has 2 atom stereocenters. The summed E-state index contributed by atoms with van der Waals surface area (Å²) in [4.78, 5) is 28.8. The normalized spacial score (nSPS) is 18.7. The number of anilines is 1. The van der Waals surface area contributed by atoms with Crippen molar-refractivity contribution >= 4 is 57.3 Å². The van der Waals surface area contributed by atoms with E-state index in [9.17, 15) is 14.7 Å². The average molecular weight is 662 g/mol. The minimum Gasteiger partial charge on any atom is -0.507 e. The van der Waals surface area contributed by atoms with Gasteiger partial charge >= 0.3 is 5.91 Å². The summed E-state index contributed by atoms with van der Waals surface area (Å²) in [7, 11) is 0. The van der Waals surface area contributed by atoms with Gasteiger partial charge in [-0.3, -0.25) is 14.5 Å². The van der Waals surface area contributed by atoms with Crippen LogP contribution in [0.4, 0.5) is 5.13 Å². The highest BCUT2D eigenvalue weighted by Gasteiger charge is 2.48. The fourth-order valence-electron chi connectivity index (χ4n) is 5.47. The number of amides is 1. The Morgan fingerprint density at radius 2 is 1.93 bits per heavy atom. The van der Waals surface area contributed by atoms with E-state index in [-0.39, 0.29) is 22.6 Å². The first-order chi connectivity index (χ1) is 21.8. The van der Waals surface area contributed by atoms with E-state index in [1.165, 1.54) is 28.0 Å². The van der Waals surface area contributed by atoms with Crippen LogP contribution in [-0.4, -0.2) is 39.7 Å². The molecule has 1 N–H and O–H groups in total. The summed E-state index contributed by atoms with van der Waals surface area (Å²) in [5.74, 6) is 0.184. The van der Waals surface area contributed by atoms with Crippen molar-refractivity contribution in [3.63, 3.8) is 0 Å². The number of halogens is 1. The van der Waals surface area contributed by atoms with Crippen LogP contribution in [0.2, 0.25) is 5.02 Å². The highest BCUT2D eigenvalue weighted by molar-refractivity contribution is 8.00. The van der Waals surface area contributed by atoms with Crippen LogP contribution >= 0.6 is 34.7 Å². The number of aliphatic hydroxyl groups excluding tert-OH is 1. The molecule has 8 nitrogen and oxygen atoms in total. The van der Waals surface area contributed by atoms with Crippen LogP contribution < -0.4 is 14.4 Å². The van der Waals surface area contributed by atoms with E-state index in [1.54, 1.807) is 12.1 Å². The predicted octanol–water partition coefficient (Wildman–Crippen LogP) is 8.00.